The molecule has 2 rings (SSSR count). The van der Waals surface area contributed by atoms with Crippen LogP contribution in [0.25, 0.3) is 0 Å². The van der Waals surface area contributed by atoms with Crippen LogP contribution < -0.4 is 4.74 Å². The van der Waals surface area contributed by atoms with E-state index in [-0.39, 0.29) is 6.42 Å². The summed E-state index contributed by atoms with van der Waals surface area (Å²) in [7, 11) is 0. The minimum absolute atomic E-state index is 0.0137. The molecule has 0 aliphatic rings. The molecule has 0 heterocycles. The summed E-state index contributed by atoms with van der Waals surface area (Å²) in [5.74, 6) is -0.134. The summed E-state index contributed by atoms with van der Waals surface area (Å²) in [6, 6.07) is 11.5. The number of aryl methyl sites for hydroxylation is 3. The highest BCUT2D eigenvalue weighted by molar-refractivity contribution is 5.70. The fourth-order valence-corrected chi connectivity index (χ4v) is 2.51. The van der Waals surface area contributed by atoms with Crippen LogP contribution in [0.4, 0.5) is 0 Å². The van der Waals surface area contributed by atoms with Crippen LogP contribution in [-0.2, 0) is 17.8 Å². The van der Waals surface area contributed by atoms with Crippen LogP contribution in [0.1, 0.15) is 27.8 Å². The molecule has 2 aromatic rings. The molecule has 0 fully saturated rings. The normalized spacial score (nSPS) is 10.4. The van der Waals surface area contributed by atoms with E-state index in [4.69, 9.17) is 9.84 Å². The molecule has 2 aromatic carbocycles. The zero-order valence-electron chi connectivity index (χ0n) is 12.6. The van der Waals surface area contributed by atoms with Crippen molar-refractivity contribution in [2.45, 2.75) is 33.8 Å². The zero-order valence-corrected chi connectivity index (χ0v) is 12.6. The molecule has 0 spiro atoms. The van der Waals surface area contributed by atoms with Crippen LogP contribution in [0.3, 0.4) is 0 Å². The molecule has 0 bridgehead atoms. The first-order valence-electron chi connectivity index (χ1n) is 6.96. The van der Waals surface area contributed by atoms with Crippen LogP contribution >= 0.6 is 0 Å². The maximum absolute atomic E-state index is 10.7. The number of rotatable bonds is 5. The number of benzene rings is 2. The van der Waals surface area contributed by atoms with E-state index in [1.807, 2.05) is 12.1 Å². The lowest BCUT2D eigenvalue weighted by molar-refractivity contribution is -0.136. The Bertz CT molecular complexity index is 636. The van der Waals surface area contributed by atoms with Gasteiger partial charge in [0.05, 0.1) is 6.42 Å². The van der Waals surface area contributed by atoms with Gasteiger partial charge in [-0.05, 0) is 55.2 Å². The number of ether oxygens (including phenoxy) is 1. The van der Waals surface area contributed by atoms with Gasteiger partial charge in [0.15, 0.2) is 0 Å². The molecule has 0 aliphatic carbocycles. The third kappa shape index (κ3) is 4.09. The average Bonchev–Trinajstić information content (AvgIpc) is 2.37. The smallest absolute Gasteiger partial charge is 0.307 e. The lowest BCUT2D eigenvalue weighted by Gasteiger charge is -2.13. The Balaban J connectivity index is 2.11. The van der Waals surface area contributed by atoms with E-state index in [1.54, 1.807) is 12.1 Å². The van der Waals surface area contributed by atoms with Crippen LogP contribution in [0, 0.1) is 20.8 Å². The Morgan fingerprint density at radius 1 is 1.10 bits per heavy atom. The van der Waals surface area contributed by atoms with E-state index in [2.05, 4.69) is 32.9 Å². The lowest BCUT2D eigenvalue weighted by Crippen LogP contribution is -2.03. The van der Waals surface area contributed by atoms with Crippen molar-refractivity contribution in [3.05, 3.63) is 64.2 Å². The summed E-state index contributed by atoms with van der Waals surface area (Å²) in [5, 5.41) is 8.82. The third-order valence-electron chi connectivity index (χ3n) is 3.48. The highest BCUT2D eigenvalue weighted by Gasteiger charge is 2.06. The molecule has 0 unspecified atom stereocenters. The van der Waals surface area contributed by atoms with Crippen LogP contribution in [0.15, 0.2) is 36.4 Å². The molecular weight excluding hydrogens is 264 g/mol. The number of carboxylic acid groups (broad SMARTS) is 1. The molecule has 0 saturated carbocycles. The van der Waals surface area contributed by atoms with Gasteiger partial charge in [-0.25, -0.2) is 0 Å². The van der Waals surface area contributed by atoms with Gasteiger partial charge in [-0.1, -0.05) is 29.8 Å². The van der Waals surface area contributed by atoms with Gasteiger partial charge in [0, 0.05) is 0 Å². The van der Waals surface area contributed by atoms with E-state index >= 15 is 0 Å². The van der Waals surface area contributed by atoms with Gasteiger partial charge < -0.3 is 9.84 Å². The average molecular weight is 284 g/mol. The Labute approximate surface area is 125 Å². The minimum atomic E-state index is -0.836. The van der Waals surface area contributed by atoms with Gasteiger partial charge in [0.2, 0.25) is 0 Å². The molecule has 0 aromatic heterocycles. The Morgan fingerprint density at radius 3 is 2.38 bits per heavy atom. The molecule has 0 saturated heterocycles. The van der Waals surface area contributed by atoms with Gasteiger partial charge in [-0.3, -0.25) is 4.79 Å². The Morgan fingerprint density at radius 2 is 1.76 bits per heavy atom. The van der Waals surface area contributed by atoms with Gasteiger partial charge >= 0.3 is 5.97 Å². The second-order valence-corrected chi connectivity index (χ2v) is 5.38. The van der Waals surface area contributed by atoms with Gasteiger partial charge in [0.25, 0.3) is 0 Å². The lowest BCUT2D eigenvalue weighted by atomic mass is 10.0. The van der Waals surface area contributed by atoms with Crippen LogP contribution in [0.5, 0.6) is 5.75 Å². The van der Waals surface area contributed by atoms with Gasteiger partial charge in [-0.2, -0.15) is 0 Å². The number of hydrogen-bond donors (Lipinski definition) is 1. The van der Waals surface area contributed by atoms with E-state index in [0.717, 1.165) is 5.56 Å². The van der Waals surface area contributed by atoms with Crippen LogP contribution in [-0.4, -0.2) is 11.1 Å². The fraction of sp³-hybridized carbons (Fsp3) is 0.278. The standard InChI is InChI=1S/C18H20O3/c1-12-7-13(2)17(14(3)8-12)11-21-16-6-4-5-15(9-16)10-18(19)20/h4-9H,10-11H2,1-3H3,(H,19,20). The molecule has 3 nitrogen and oxygen atoms in total. The summed E-state index contributed by atoms with van der Waals surface area (Å²) in [5.41, 5.74) is 5.61. The van der Waals surface area contributed by atoms with Crippen molar-refractivity contribution in [2.24, 2.45) is 0 Å². The molecule has 0 atom stereocenters. The minimum Gasteiger partial charge on any atom is -0.489 e. The summed E-state index contributed by atoms with van der Waals surface area (Å²) in [6.07, 6.45) is 0.0137. The van der Waals surface area contributed by atoms with Crippen molar-refractivity contribution in [2.75, 3.05) is 0 Å². The first kappa shape index (κ1) is 15.1. The number of hydrogen-bond acceptors (Lipinski definition) is 2. The van der Waals surface area contributed by atoms with Crippen molar-refractivity contribution < 1.29 is 14.6 Å². The van der Waals surface area contributed by atoms with Crippen molar-refractivity contribution in [1.82, 2.24) is 0 Å². The van der Waals surface area contributed by atoms with Crippen molar-refractivity contribution >= 4 is 5.97 Å². The van der Waals surface area contributed by atoms with Crippen molar-refractivity contribution in [3.63, 3.8) is 0 Å². The predicted molar refractivity (Wildman–Crippen MR) is 82.8 cm³/mol. The summed E-state index contributed by atoms with van der Waals surface area (Å²) in [4.78, 5) is 10.7. The number of carboxylic acids is 1. The fourth-order valence-electron chi connectivity index (χ4n) is 2.51. The van der Waals surface area contributed by atoms with Crippen LogP contribution in [0.2, 0.25) is 0 Å². The van der Waals surface area contributed by atoms with Crippen molar-refractivity contribution in [1.29, 1.82) is 0 Å². The first-order chi connectivity index (χ1) is 9.95. The van der Waals surface area contributed by atoms with E-state index < -0.39 is 5.97 Å². The second kappa shape index (κ2) is 6.44. The van der Waals surface area contributed by atoms with E-state index in [1.165, 1.54) is 22.3 Å². The molecule has 0 radical (unpaired) electrons. The van der Waals surface area contributed by atoms with Crippen molar-refractivity contribution in [3.8, 4) is 5.75 Å². The SMILES string of the molecule is Cc1cc(C)c(COc2cccc(CC(=O)O)c2)c(C)c1. The predicted octanol–water partition coefficient (Wildman–Crippen LogP) is 3.82. The Hall–Kier alpha value is -2.29. The molecule has 3 heteroatoms. The maximum atomic E-state index is 10.7. The van der Waals surface area contributed by atoms with Gasteiger partial charge in [0.1, 0.15) is 12.4 Å². The summed E-state index contributed by atoms with van der Waals surface area (Å²) in [6.45, 7) is 6.74. The largest absolute Gasteiger partial charge is 0.489 e. The quantitative estimate of drug-likeness (QED) is 0.908. The molecule has 0 amide bonds. The van der Waals surface area contributed by atoms with Gasteiger partial charge in [-0.15, -0.1) is 0 Å². The highest BCUT2D eigenvalue weighted by atomic mass is 16.5. The van der Waals surface area contributed by atoms with E-state index in [9.17, 15) is 4.79 Å². The molecule has 0 aliphatic heterocycles. The molecule has 1 N–H and O–H groups in total. The zero-order chi connectivity index (χ0) is 15.4. The summed E-state index contributed by atoms with van der Waals surface area (Å²) >= 11 is 0. The maximum Gasteiger partial charge on any atom is 0.307 e. The Kier molecular flexibility index (Phi) is 4.63. The highest BCUT2D eigenvalue weighted by Crippen LogP contribution is 2.20. The molecular formula is C18H20O3. The third-order valence-corrected chi connectivity index (χ3v) is 3.48. The topological polar surface area (TPSA) is 46.5 Å². The number of carbonyl (C=O) groups is 1. The summed E-state index contributed by atoms with van der Waals surface area (Å²) < 4.78 is 5.82. The second-order valence-electron chi connectivity index (χ2n) is 5.38. The molecule has 110 valence electrons. The molecule has 21 heavy (non-hydrogen) atoms. The monoisotopic (exact) mass is 284 g/mol. The number of aliphatic carboxylic acids is 1. The first-order valence-corrected chi connectivity index (χ1v) is 6.96. The van der Waals surface area contributed by atoms with E-state index in [0.29, 0.717) is 12.4 Å².